The molecule has 0 aliphatic carbocycles. The van der Waals surface area contributed by atoms with Crippen molar-refractivity contribution in [2.75, 3.05) is 5.32 Å². The van der Waals surface area contributed by atoms with Crippen LogP contribution in [0.2, 0.25) is 5.02 Å². The largest absolute Gasteiger partial charge is 0.388 e. The van der Waals surface area contributed by atoms with E-state index in [4.69, 9.17) is 11.6 Å². The number of hydrogen-bond acceptors (Lipinski definition) is 2. The Hall–Kier alpha value is -1.98. The normalized spacial score (nSPS) is 12.0. The Morgan fingerprint density at radius 1 is 1.19 bits per heavy atom. The van der Waals surface area contributed by atoms with Crippen LogP contribution in [0.3, 0.4) is 0 Å². The first-order chi connectivity index (χ1) is 9.95. The van der Waals surface area contributed by atoms with Crippen LogP contribution in [0.5, 0.6) is 0 Å². The first-order valence-corrected chi connectivity index (χ1v) is 6.52. The molecule has 2 aromatic rings. The van der Waals surface area contributed by atoms with Crippen molar-refractivity contribution < 1.29 is 18.7 Å². The van der Waals surface area contributed by atoms with E-state index < -0.39 is 23.6 Å². The summed E-state index contributed by atoms with van der Waals surface area (Å²) in [6, 6.07) is 8.89. The Balaban J connectivity index is 2.03. The maximum Gasteiger partial charge on any atom is 0.227 e. The molecule has 0 aliphatic heterocycles. The third-order valence-electron chi connectivity index (χ3n) is 2.81. The van der Waals surface area contributed by atoms with E-state index in [0.717, 1.165) is 12.1 Å². The molecule has 0 radical (unpaired) electrons. The molecule has 6 heteroatoms. The number of nitrogens with one attached hydrogen (secondary N) is 1. The van der Waals surface area contributed by atoms with E-state index in [0.29, 0.717) is 0 Å². The first-order valence-electron chi connectivity index (χ1n) is 6.14. The summed E-state index contributed by atoms with van der Waals surface area (Å²) < 4.78 is 26.1. The van der Waals surface area contributed by atoms with Gasteiger partial charge in [-0.15, -0.1) is 0 Å². The van der Waals surface area contributed by atoms with Crippen molar-refractivity contribution in [1.29, 1.82) is 0 Å². The van der Waals surface area contributed by atoms with Gasteiger partial charge in [-0.3, -0.25) is 4.79 Å². The first kappa shape index (κ1) is 15.4. The molecule has 21 heavy (non-hydrogen) atoms. The van der Waals surface area contributed by atoms with E-state index >= 15 is 0 Å². The van der Waals surface area contributed by atoms with Crippen molar-refractivity contribution in [1.82, 2.24) is 0 Å². The van der Waals surface area contributed by atoms with Crippen LogP contribution < -0.4 is 5.32 Å². The molecule has 0 bridgehead atoms. The molecule has 0 saturated heterocycles. The van der Waals surface area contributed by atoms with Gasteiger partial charge >= 0.3 is 0 Å². The van der Waals surface area contributed by atoms with Crippen molar-refractivity contribution in [3.8, 4) is 0 Å². The molecule has 0 aromatic heterocycles. The van der Waals surface area contributed by atoms with Crippen LogP contribution in [0.1, 0.15) is 18.1 Å². The van der Waals surface area contributed by atoms with E-state index in [-0.39, 0.29) is 22.7 Å². The smallest absolute Gasteiger partial charge is 0.227 e. The van der Waals surface area contributed by atoms with E-state index in [9.17, 15) is 18.7 Å². The van der Waals surface area contributed by atoms with Crippen LogP contribution >= 0.6 is 11.6 Å². The quantitative estimate of drug-likeness (QED) is 0.905. The van der Waals surface area contributed by atoms with Crippen LogP contribution in [0, 0.1) is 11.6 Å². The molecular weight excluding hydrogens is 300 g/mol. The molecule has 2 rings (SSSR count). The van der Waals surface area contributed by atoms with Crippen LogP contribution in [0.25, 0.3) is 0 Å². The molecule has 0 heterocycles. The van der Waals surface area contributed by atoms with Gasteiger partial charge in [-0.25, -0.2) is 8.78 Å². The molecule has 3 nitrogen and oxygen atoms in total. The van der Waals surface area contributed by atoms with Crippen molar-refractivity contribution in [3.63, 3.8) is 0 Å². The number of aliphatic hydroxyl groups is 1. The SMILES string of the molecule is O=C(CC(O)c1cccc(F)c1)Nc1cc(F)ccc1Cl. The van der Waals surface area contributed by atoms with Gasteiger partial charge in [0.2, 0.25) is 5.91 Å². The third kappa shape index (κ3) is 4.24. The van der Waals surface area contributed by atoms with Gasteiger partial charge in [-0.1, -0.05) is 23.7 Å². The van der Waals surface area contributed by atoms with Gasteiger partial charge in [0, 0.05) is 0 Å². The van der Waals surface area contributed by atoms with Crippen molar-refractivity contribution >= 4 is 23.2 Å². The van der Waals surface area contributed by atoms with Crippen molar-refractivity contribution in [3.05, 3.63) is 64.7 Å². The zero-order valence-corrected chi connectivity index (χ0v) is 11.6. The van der Waals surface area contributed by atoms with Gasteiger partial charge in [-0.2, -0.15) is 0 Å². The molecule has 0 spiro atoms. The van der Waals surface area contributed by atoms with Gasteiger partial charge < -0.3 is 10.4 Å². The highest BCUT2D eigenvalue weighted by atomic mass is 35.5. The molecule has 2 aromatic carbocycles. The Labute approximate surface area is 125 Å². The second-order valence-corrected chi connectivity index (χ2v) is 4.85. The molecule has 0 aliphatic rings. The molecular formula is C15H12ClF2NO2. The average Bonchev–Trinajstić information content (AvgIpc) is 2.42. The van der Waals surface area contributed by atoms with Gasteiger partial charge in [0.05, 0.1) is 23.2 Å². The summed E-state index contributed by atoms with van der Waals surface area (Å²) in [5, 5.41) is 12.5. The minimum Gasteiger partial charge on any atom is -0.388 e. The van der Waals surface area contributed by atoms with Crippen LogP contribution in [-0.4, -0.2) is 11.0 Å². The van der Waals surface area contributed by atoms with Gasteiger partial charge in [0.25, 0.3) is 0 Å². The molecule has 1 amide bonds. The maximum atomic E-state index is 13.1. The van der Waals surface area contributed by atoms with Crippen LogP contribution in [-0.2, 0) is 4.79 Å². The van der Waals surface area contributed by atoms with Crippen LogP contribution in [0.15, 0.2) is 42.5 Å². The lowest BCUT2D eigenvalue weighted by atomic mass is 10.1. The predicted octanol–water partition coefficient (Wildman–Crippen LogP) is 3.68. The number of halogens is 3. The van der Waals surface area contributed by atoms with E-state index in [1.807, 2.05) is 0 Å². The zero-order chi connectivity index (χ0) is 15.4. The topological polar surface area (TPSA) is 49.3 Å². The molecule has 1 unspecified atom stereocenters. The fourth-order valence-electron chi connectivity index (χ4n) is 1.80. The molecule has 1 atom stereocenters. The number of carbonyl (C=O) groups excluding carboxylic acids is 1. The van der Waals surface area contributed by atoms with Gasteiger partial charge in [-0.05, 0) is 35.9 Å². The number of amides is 1. The number of hydrogen-bond donors (Lipinski definition) is 2. The number of rotatable bonds is 4. The highest BCUT2D eigenvalue weighted by molar-refractivity contribution is 6.33. The zero-order valence-electron chi connectivity index (χ0n) is 10.8. The lowest BCUT2D eigenvalue weighted by molar-refractivity contribution is -0.118. The Morgan fingerprint density at radius 2 is 1.90 bits per heavy atom. The highest BCUT2D eigenvalue weighted by Crippen LogP contribution is 2.24. The number of carbonyl (C=O) groups is 1. The third-order valence-corrected chi connectivity index (χ3v) is 3.14. The summed E-state index contributed by atoms with van der Waals surface area (Å²) in [6.45, 7) is 0. The molecule has 0 saturated carbocycles. The summed E-state index contributed by atoms with van der Waals surface area (Å²) >= 11 is 5.82. The summed E-state index contributed by atoms with van der Waals surface area (Å²) in [5.41, 5.74) is 0.406. The Bertz CT molecular complexity index is 664. The fourth-order valence-corrected chi connectivity index (χ4v) is 1.97. The van der Waals surface area contributed by atoms with Crippen molar-refractivity contribution in [2.45, 2.75) is 12.5 Å². The standard InChI is InChI=1S/C15H12ClF2NO2/c16-12-5-4-11(18)7-13(12)19-15(21)8-14(20)9-2-1-3-10(17)6-9/h1-7,14,20H,8H2,(H,19,21). The second-order valence-electron chi connectivity index (χ2n) is 4.45. The van der Waals surface area contributed by atoms with Gasteiger partial charge in [0.1, 0.15) is 11.6 Å². The van der Waals surface area contributed by atoms with E-state index in [1.165, 1.54) is 30.3 Å². The Kier molecular flexibility index (Phi) is 4.88. The minimum absolute atomic E-state index is 0.119. The predicted molar refractivity (Wildman–Crippen MR) is 76.0 cm³/mol. The lowest BCUT2D eigenvalue weighted by Gasteiger charge is -2.12. The van der Waals surface area contributed by atoms with Crippen LogP contribution in [0.4, 0.5) is 14.5 Å². The van der Waals surface area contributed by atoms with Crippen molar-refractivity contribution in [2.24, 2.45) is 0 Å². The minimum atomic E-state index is -1.16. The average molecular weight is 312 g/mol. The maximum absolute atomic E-state index is 13.1. The van der Waals surface area contributed by atoms with E-state index in [2.05, 4.69) is 5.32 Å². The Morgan fingerprint density at radius 3 is 2.62 bits per heavy atom. The number of aliphatic hydroxyl groups excluding tert-OH is 1. The van der Waals surface area contributed by atoms with E-state index in [1.54, 1.807) is 0 Å². The molecule has 2 N–H and O–H groups in total. The van der Waals surface area contributed by atoms with Gasteiger partial charge in [0.15, 0.2) is 0 Å². The summed E-state index contributed by atoms with van der Waals surface area (Å²) in [7, 11) is 0. The summed E-state index contributed by atoms with van der Waals surface area (Å²) in [6.07, 6.45) is -1.45. The fraction of sp³-hybridized carbons (Fsp3) is 0.133. The molecule has 110 valence electrons. The summed E-state index contributed by atoms with van der Waals surface area (Å²) in [5.74, 6) is -1.60. The number of anilines is 1. The summed E-state index contributed by atoms with van der Waals surface area (Å²) in [4.78, 5) is 11.8. The number of benzene rings is 2. The lowest BCUT2D eigenvalue weighted by Crippen LogP contribution is -2.16. The second kappa shape index (κ2) is 6.65. The molecule has 0 fully saturated rings. The highest BCUT2D eigenvalue weighted by Gasteiger charge is 2.15. The monoisotopic (exact) mass is 311 g/mol.